The van der Waals surface area contributed by atoms with Crippen LogP contribution >= 0.6 is 11.3 Å². The summed E-state index contributed by atoms with van der Waals surface area (Å²) >= 11 is 1.21. The minimum absolute atomic E-state index is 0.0116. The van der Waals surface area contributed by atoms with Crippen molar-refractivity contribution in [1.29, 1.82) is 0 Å². The lowest BCUT2D eigenvalue weighted by atomic mass is 9.93. The summed E-state index contributed by atoms with van der Waals surface area (Å²) < 4.78 is 13.2. The fraction of sp³-hybridized carbons (Fsp3) is 0.233. The number of aromatic nitrogens is 1. The average molecular weight is 558 g/mol. The van der Waals surface area contributed by atoms with Crippen molar-refractivity contribution in [2.24, 2.45) is 4.99 Å². The Morgan fingerprint density at radius 3 is 2.48 bits per heavy atom. The number of benzene rings is 2. The molecule has 0 aliphatic carbocycles. The van der Waals surface area contributed by atoms with Crippen molar-refractivity contribution in [1.82, 2.24) is 4.57 Å². The van der Waals surface area contributed by atoms with Crippen LogP contribution in [0.4, 0.5) is 5.69 Å². The molecule has 1 atom stereocenters. The lowest BCUT2D eigenvalue weighted by Crippen LogP contribution is -2.39. The molecule has 10 heteroatoms. The van der Waals surface area contributed by atoms with Gasteiger partial charge in [-0.25, -0.2) is 9.79 Å². The molecule has 204 valence electrons. The Balaban J connectivity index is 1.59. The van der Waals surface area contributed by atoms with Crippen molar-refractivity contribution >= 4 is 29.1 Å². The van der Waals surface area contributed by atoms with E-state index in [4.69, 9.17) is 9.15 Å². The summed E-state index contributed by atoms with van der Waals surface area (Å²) in [7, 11) is 0. The van der Waals surface area contributed by atoms with Crippen LogP contribution in [0.5, 0.6) is 0 Å². The summed E-state index contributed by atoms with van der Waals surface area (Å²) in [4.78, 5) is 42.4. The first-order chi connectivity index (χ1) is 19.2. The fourth-order valence-corrected chi connectivity index (χ4v) is 5.66. The van der Waals surface area contributed by atoms with Crippen molar-refractivity contribution < 1.29 is 18.9 Å². The second-order valence-electron chi connectivity index (χ2n) is 9.63. The Kier molecular flexibility index (Phi) is 7.36. The number of nitro groups is 1. The molecule has 2 aromatic heterocycles. The van der Waals surface area contributed by atoms with Crippen LogP contribution in [0.25, 0.3) is 17.4 Å². The van der Waals surface area contributed by atoms with Gasteiger partial charge in [-0.2, -0.15) is 0 Å². The molecule has 1 aliphatic rings. The van der Waals surface area contributed by atoms with Gasteiger partial charge in [-0.15, -0.1) is 0 Å². The number of carbonyl (C=O) groups excluding carboxylic acids is 1. The van der Waals surface area contributed by atoms with Gasteiger partial charge in [0.1, 0.15) is 11.5 Å². The van der Waals surface area contributed by atoms with Gasteiger partial charge in [-0.05, 0) is 55.2 Å². The molecule has 0 saturated heterocycles. The van der Waals surface area contributed by atoms with E-state index in [0.29, 0.717) is 43.6 Å². The number of carbonyl (C=O) groups is 1. The third-order valence-corrected chi connectivity index (χ3v) is 7.68. The van der Waals surface area contributed by atoms with Crippen molar-refractivity contribution in [3.63, 3.8) is 0 Å². The van der Waals surface area contributed by atoms with Gasteiger partial charge in [0, 0.05) is 23.8 Å². The quantitative estimate of drug-likeness (QED) is 0.178. The molecule has 2 aromatic carbocycles. The standard InChI is InChI=1S/C30H27N3O6S/c1-5-38-29(35)26-18(4)31-30-32(27(26)21-8-6-19(7-9-21)17(2)3)28(34)25(40-30)16-23-14-15-24(39-23)20-10-12-22(13-11-20)33(36)37/h6-17,27H,5H2,1-4H3/b25-16-/t27-/m1/s1. The van der Waals surface area contributed by atoms with Crippen molar-refractivity contribution in [3.05, 3.63) is 119 Å². The number of allylic oxidation sites excluding steroid dienone is 1. The lowest BCUT2D eigenvalue weighted by Gasteiger charge is -2.25. The van der Waals surface area contributed by atoms with Gasteiger partial charge in [0.05, 0.1) is 33.4 Å². The van der Waals surface area contributed by atoms with Crippen molar-refractivity contribution in [3.8, 4) is 11.3 Å². The highest BCUT2D eigenvalue weighted by atomic mass is 32.1. The molecule has 4 aromatic rings. The summed E-state index contributed by atoms with van der Waals surface area (Å²) in [6.45, 7) is 7.90. The van der Waals surface area contributed by atoms with E-state index in [-0.39, 0.29) is 17.9 Å². The van der Waals surface area contributed by atoms with Crippen LogP contribution in [0.1, 0.15) is 56.5 Å². The van der Waals surface area contributed by atoms with Gasteiger partial charge < -0.3 is 9.15 Å². The Morgan fingerprint density at radius 1 is 1.15 bits per heavy atom. The molecular formula is C30H27N3O6S. The summed E-state index contributed by atoms with van der Waals surface area (Å²) in [6.07, 6.45) is 1.64. The number of hydrogen-bond donors (Lipinski definition) is 0. The Morgan fingerprint density at radius 2 is 1.85 bits per heavy atom. The Hall–Kier alpha value is -4.57. The fourth-order valence-electron chi connectivity index (χ4n) is 4.63. The molecule has 0 radical (unpaired) electrons. The molecule has 0 fully saturated rings. The number of fused-ring (bicyclic) bond motifs is 1. The number of hydrogen-bond acceptors (Lipinski definition) is 8. The lowest BCUT2D eigenvalue weighted by molar-refractivity contribution is -0.384. The first-order valence-electron chi connectivity index (χ1n) is 12.8. The largest absolute Gasteiger partial charge is 0.463 e. The first kappa shape index (κ1) is 27.0. The number of rotatable bonds is 7. The van der Waals surface area contributed by atoms with E-state index in [0.717, 1.165) is 11.1 Å². The topological polar surface area (TPSA) is 117 Å². The van der Waals surface area contributed by atoms with Gasteiger partial charge in [-0.1, -0.05) is 49.4 Å². The maximum absolute atomic E-state index is 13.8. The van der Waals surface area contributed by atoms with Gasteiger partial charge in [0.2, 0.25) is 0 Å². The van der Waals surface area contributed by atoms with E-state index in [1.807, 2.05) is 24.3 Å². The average Bonchev–Trinajstić information content (AvgIpc) is 3.52. The molecule has 0 spiro atoms. The summed E-state index contributed by atoms with van der Waals surface area (Å²) in [5.41, 5.74) is 3.13. The molecule has 9 nitrogen and oxygen atoms in total. The SMILES string of the molecule is CCOC(=O)C1=C(C)N=c2s/c(=C\c3ccc(-c4ccc([N+](=O)[O-])cc4)o3)c(=O)n2[C@@H]1c1ccc(C(C)C)cc1. The van der Waals surface area contributed by atoms with Gasteiger partial charge in [0.25, 0.3) is 11.2 Å². The van der Waals surface area contributed by atoms with E-state index in [2.05, 4.69) is 18.8 Å². The molecule has 0 N–H and O–H groups in total. The van der Waals surface area contributed by atoms with E-state index in [9.17, 15) is 19.7 Å². The molecule has 5 rings (SSSR count). The number of thiazole rings is 1. The third kappa shape index (κ3) is 5.05. The summed E-state index contributed by atoms with van der Waals surface area (Å²) in [6, 6.07) is 16.7. The van der Waals surface area contributed by atoms with E-state index in [1.54, 1.807) is 48.8 Å². The number of esters is 1. The molecule has 1 aliphatic heterocycles. The molecule has 0 saturated carbocycles. The van der Waals surface area contributed by atoms with Crippen LogP contribution in [-0.2, 0) is 9.53 Å². The zero-order chi connectivity index (χ0) is 28.6. The summed E-state index contributed by atoms with van der Waals surface area (Å²) in [5.74, 6) is 0.784. The molecule has 40 heavy (non-hydrogen) atoms. The van der Waals surface area contributed by atoms with E-state index < -0.39 is 16.9 Å². The van der Waals surface area contributed by atoms with Crippen LogP contribution < -0.4 is 14.9 Å². The number of nitrogens with zero attached hydrogens (tertiary/aromatic N) is 3. The molecule has 3 heterocycles. The zero-order valence-electron chi connectivity index (χ0n) is 22.4. The number of non-ortho nitro benzene ring substituents is 1. The van der Waals surface area contributed by atoms with Crippen LogP contribution in [-0.4, -0.2) is 22.1 Å². The Bertz CT molecular complexity index is 1810. The van der Waals surface area contributed by atoms with Crippen LogP contribution in [0, 0.1) is 10.1 Å². The normalized spacial score (nSPS) is 15.2. The van der Waals surface area contributed by atoms with Crippen LogP contribution in [0.3, 0.4) is 0 Å². The minimum atomic E-state index is -0.689. The van der Waals surface area contributed by atoms with Gasteiger partial charge >= 0.3 is 5.97 Å². The molecular weight excluding hydrogens is 530 g/mol. The van der Waals surface area contributed by atoms with Gasteiger partial charge in [0.15, 0.2) is 4.80 Å². The van der Waals surface area contributed by atoms with E-state index >= 15 is 0 Å². The first-order valence-corrected chi connectivity index (χ1v) is 13.6. The monoisotopic (exact) mass is 557 g/mol. The highest BCUT2D eigenvalue weighted by molar-refractivity contribution is 7.07. The maximum atomic E-state index is 13.8. The van der Waals surface area contributed by atoms with Gasteiger partial charge in [-0.3, -0.25) is 19.5 Å². The highest BCUT2D eigenvalue weighted by Crippen LogP contribution is 2.31. The number of furan rings is 1. The third-order valence-electron chi connectivity index (χ3n) is 6.70. The predicted molar refractivity (Wildman–Crippen MR) is 152 cm³/mol. The minimum Gasteiger partial charge on any atom is -0.463 e. The number of ether oxygens (including phenoxy) is 1. The zero-order valence-corrected chi connectivity index (χ0v) is 23.2. The smallest absolute Gasteiger partial charge is 0.338 e. The predicted octanol–water partition coefficient (Wildman–Crippen LogP) is 5.09. The molecule has 0 unspecified atom stereocenters. The second kappa shape index (κ2) is 10.9. The molecule has 0 bridgehead atoms. The van der Waals surface area contributed by atoms with Crippen LogP contribution in [0.15, 0.2) is 86.1 Å². The highest BCUT2D eigenvalue weighted by Gasteiger charge is 2.33. The second-order valence-corrected chi connectivity index (χ2v) is 10.6. The maximum Gasteiger partial charge on any atom is 0.338 e. The summed E-state index contributed by atoms with van der Waals surface area (Å²) in [5, 5.41) is 10.9. The van der Waals surface area contributed by atoms with E-state index in [1.165, 1.54) is 23.5 Å². The number of nitro benzene ring substituents is 1. The van der Waals surface area contributed by atoms with Crippen molar-refractivity contribution in [2.45, 2.75) is 39.7 Å². The van der Waals surface area contributed by atoms with Crippen LogP contribution in [0.2, 0.25) is 0 Å². The molecule has 0 amide bonds. The van der Waals surface area contributed by atoms with Crippen molar-refractivity contribution in [2.75, 3.05) is 6.61 Å². The Labute approximate surface area is 233 Å².